The van der Waals surface area contributed by atoms with E-state index in [1.165, 1.54) is 4.63 Å². The SMILES string of the molecule is CCNC(=O)c1cccc(CNc2ccc3nc(C)nn3n2)c1. The van der Waals surface area contributed by atoms with E-state index >= 15 is 0 Å². The first-order chi connectivity index (χ1) is 11.2. The van der Waals surface area contributed by atoms with Crippen LogP contribution in [0, 0.1) is 6.92 Å². The molecule has 23 heavy (non-hydrogen) atoms. The highest BCUT2D eigenvalue weighted by Gasteiger charge is 2.06. The van der Waals surface area contributed by atoms with Crippen molar-refractivity contribution < 1.29 is 4.79 Å². The van der Waals surface area contributed by atoms with Crippen LogP contribution in [0.15, 0.2) is 36.4 Å². The van der Waals surface area contributed by atoms with Gasteiger partial charge in [0.15, 0.2) is 5.65 Å². The molecular weight excluding hydrogens is 292 g/mol. The standard InChI is InChI=1S/C16H18N6O/c1-3-17-16(23)13-6-4-5-12(9-13)10-18-14-7-8-15-19-11(2)20-22(15)21-14/h4-9H,3,10H2,1-2H3,(H,17,23)(H,18,21). The van der Waals surface area contributed by atoms with Crippen molar-refractivity contribution in [1.29, 1.82) is 0 Å². The normalized spacial score (nSPS) is 10.7. The van der Waals surface area contributed by atoms with Gasteiger partial charge in [0.05, 0.1) is 0 Å². The molecule has 1 aromatic carbocycles. The molecule has 0 aliphatic heterocycles. The molecule has 0 radical (unpaired) electrons. The maximum atomic E-state index is 11.9. The Morgan fingerprint density at radius 2 is 2.09 bits per heavy atom. The van der Waals surface area contributed by atoms with Crippen molar-refractivity contribution in [3.05, 3.63) is 53.3 Å². The zero-order valence-electron chi connectivity index (χ0n) is 13.1. The highest BCUT2D eigenvalue weighted by molar-refractivity contribution is 5.94. The average molecular weight is 310 g/mol. The van der Waals surface area contributed by atoms with Crippen LogP contribution in [0.5, 0.6) is 0 Å². The number of nitrogens with zero attached hydrogens (tertiary/aromatic N) is 4. The second-order valence-electron chi connectivity index (χ2n) is 5.14. The van der Waals surface area contributed by atoms with Crippen molar-refractivity contribution in [3.8, 4) is 0 Å². The molecule has 3 rings (SSSR count). The van der Waals surface area contributed by atoms with Crippen molar-refractivity contribution in [2.75, 3.05) is 11.9 Å². The van der Waals surface area contributed by atoms with Gasteiger partial charge in [-0.15, -0.1) is 14.8 Å². The second-order valence-corrected chi connectivity index (χ2v) is 5.14. The monoisotopic (exact) mass is 310 g/mol. The molecule has 7 nitrogen and oxygen atoms in total. The zero-order chi connectivity index (χ0) is 16.2. The lowest BCUT2D eigenvalue weighted by Gasteiger charge is -2.07. The minimum atomic E-state index is -0.0630. The molecule has 0 atom stereocenters. The van der Waals surface area contributed by atoms with E-state index in [-0.39, 0.29) is 5.91 Å². The van der Waals surface area contributed by atoms with Gasteiger partial charge in [-0.05, 0) is 43.7 Å². The van der Waals surface area contributed by atoms with Gasteiger partial charge in [0.2, 0.25) is 0 Å². The number of carbonyl (C=O) groups is 1. The molecule has 0 saturated heterocycles. The summed E-state index contributed by atoms with van der Waals surface area (Å²) < 4.78 is 1.50. The number of amides is 1. The van der Waals surface area contributed by atoms with Crippen LogP contribution in [-0.2, 0) is 6.54 Å². The van der Waals surface area contributed by atoms with Crippen molar-refractivity contribution in [3.63, 3.8) is 0 Å². The lowest BCUT2D eigenvalue weighted by molar-refractivity contribution is 0.0955. The largest absolute Gasteiger partial charge is 0.365 e. The number of aromatic nitrogens is 4. The van der Waals surface area contributed by atoms with E-state index < -0.39 is 0 Å². The Labute approximate surface area is 133 Å². The van der Waals surface area contributed by atoms with Gasteiger partial charge in [-0.1, -0.05) is 12.1 Å². The Balaban J connectivity index is 1.71. The molecule has 1 amide bonds. The molecule has 2 N–H and O–H groups in total. The van der Waals surface area contributed by atoms with Gasteiger partial charge in [-0.3, -0.25) is 4.79 Å². The first kappa shape index (κ1) is 15.0. The lowest BCUT2D eigenvalue weighted by atomic mass is 10.1. The van der Waals surface area contributed by atoms with Gasteiger partial charge in [-0.2, -0.15) is 0 Å². The number of rotatable bonds is 5. The summed E-state index contributed by atoms with van der Waals surface area (Å²) in [5.41, 5.74) is 2.37. The van der Waals surface area contributed by atoms with Crippen LogP contribution in [0.1, 0.15) is 28.7 Å². The molecule has 7 heteroatoms. The zero-order valence-corrected chi connectivity index (χ0v) is 13.1. The summed E-state index contributed by atoms with van der Waals surface area (Å²) in [6.07, 6.45) is 0. The van der Waals surface area contributed by atoms with Crippen LogP contribution >= 0.6 is 0 Å². The highest BCUT2D eigenvalue weighted by atomic mass is 16.1. The van der Waals surface area contributed by atoms with Gasteiger partial charge >= 0.3 is 0 Å². The topological polar surface area (TPSA) is 84.2 Å². The van der Waals surface area contributed by atoms with Gasteiger partial charge < -0.3 is 10.6 Å². The number of anilines is 1. The maximum absolute atomic E-state index is 11.9. The third kappa shape index (κ3) is 3.45. The highest BCUT2D eigenvalue weighted by Crippen LogP contribution is 2.10. The molecular formula is C16H18N6O. The van der Waals surface area contributed by atoms with E-state index in [9.17, 15) is 4.79 Å². The van der Waals surface area contributed by atoms with E-state index in [2.05, 4.69) is 25.8 Å². The van der Waals surface area contributed by atoms with Gasteiger partial charge in [0.25, 0.3) is 5.91 Å². The van der Waals surface area contributed by atoms with Gasteiger partial charge in [0.1, 0.15) is 11.6 Å². The van der Waals surface area contributed by atoms with Crippen LogP contribution < -0.4 is 10.6 Å². The third-order valence-corrected chi connectivity index (χ3v) is 3.31. The molecule has 0 unspecified atom stereocenters. The predicted octanol–water partition coefficient (Wildman–Crippen LogP) is 1.79. The molecule has 2 heterocycles. The summed E-state index contributed by atoms with van der Waals surface area (Å²) >= 11 is 0. The van der Waals surface area contributed by atoms with E-state index in [1.807, 2.05) is 44.2 Å². The van der Waals surface area contributed by atoms with Crippen LogP contribution in [-0.4, -0.2) is 32.3 Å². The minimum Gasteiger partial charge on any atom is -0.365 e. The molecule has 0 aliphatic carbocycles. The lowest BCUT2D eigenvalue weighted by Crippen LogP contribution is -2.22. The fourth-order valence-corrected chi connectivity index (χ4v) is 2.26. The van der Waals surface area contributed by atoms with Gasteiger partial charge in [-0.25, -0.2) is 4.98 Å². The first-order valence-electron chi connectivity index (χ1n) is 7.47. The first-order valence-corrected chi connectivity index (χ1v) is 7.47. The Kier molecular flexibility index (Phi) is 4.18. The summed E-state index contributed by atoms with van der Waals surface area (Å²) in [7, 11) is 0. The van der Waals surface area contributed by atoms with E-state index in [0.717, 1.165) is 5.56 Å². The molecule has 0 aliphatic rings. The Morgan fingerprint density at radius 1 is 1.22 bits per heavy atom. The maximum Gasteiger partial charge on any atom is 0.251 e. The Bertz CT molecular complexity index is 841. The number of aryl methyl sites for hydroxylation is 1. The number of fused-ring (bicyclic) bond motifs is 1. The molecule has 0 saturated carbocycles. The number of nitrogens with one attached hydrogen (secondary N) is 2. The van der Waals surface area contributed by atoms with Gasteiger partial charge in [0, 0.05) is 18.7 Å². The quantitative estimate of drug-likeness (QED) is 0.750. The number of hydrogen-bond acceptors (Lipinski definition) is 5. The number of hydrogen-bond donors (Lipinski definition) is 2. The Morgan fingerprint density at radius 3 is 2.91 bits per heavy atom. The summed E-state index contributed by atoms with van der Waals surface area (Å²) in [4.78, 5) is 16.1. The summed E-state index contributed by atoms with van der Waals surface area (Å²) in [5, 5.41) is 14.6. The van der Waals surface area contributed by atoms with Crippen LogP contribution in [0.25, 0.3) is 5.65 Å². The van der Waals surface area contributed by atoms with Crippen molar-refractivity contribution in [2.45, 2.75) is 20.4 Å². The molecule has 0 bridgehead atoms. The summed E-state index contributed by atoms with van der Waals surface area (Å²) in [6.45, 7) is 4.91. The number of benzene rings is 1. The van der Waals surface area contributed by atoms with Crippen molar-refractivity contribution >= 4 is 17.4 Å². The number of carbonyl (C=O) groups excluding carboxylic acids is 1. The molecule has 118 valence electrons. The average Bonchev–Trinajstić information content (AvgIpc) is 2.92. The Hall–Kier alpha value is -2.96. The van der Waals surface area contributed by atoms with Crippen LogP contribution in [0.3, 0.4) is 0 Å². The van der Waals surface area contributed by atoms with Crippen molar-refractivity contribution in [1.82, 2.24) is 25.1 Å². The minimum absolute atomic E-state index is 0.0630. The van der Waals surface area contributed by atoms with Crippen LogP contribution in [0.4, 0.5) is 5.82 Å². The molecule has 2 aromatic heterocycles. The van der Waals surface area contributed by atoms with Crippen LogP contribution in [0.2, 0.25) is 0 Å². The second kappa shape index (κ2) is 6.43. The molecule has 0 spiro atoms. The summed E-state index contributed by atoms with van der Waals surface area (Å²) in [6, 6.07) is 11.2. The fourth-order valence-electron chi connectivity index (χ4n) is 2.26. The fraction of sp³-hybridized carbons (Fsp3) is 0.250. The third-order valence-electron chi connectivity index (χ3n) is 3.31. The van der Waals surface area contributed by atoms with Crippen molar-refractivity contribution in [2.24, 2.45) is 0 Å². The summed E-state index contributed by atoms with van der Waals surface area (Å²) in [5.74, 6) is 1.32. The van der Waals surface area contributed by atoms with E-state index in [1.54, 1.807) is 6.07 Å². The smallest absolute Gasteiger partial charge is 0.251 e. The van der Waals surface area contributed by atoms with E-state index in [0.29, 0.717) is 35.9 Å². The predicted molar refractivity (Wildman–Crippen MR) is 87.3 cm³/mol. The van der Waals surface area contributed by atoms with E-state index in [4.69, 9.17) is 0 Å². The molecule has 3 aromatic rings. The molecule has 0 fully saturated rings.